The lowest BCUT2D eigenvalue weighted by atomic mass is 10.0. The number of rotatable bonds is 7. The van der Waals surface area contributed by atoms with E-state index in [1.165, 1.54) is 24.3 Å². The van der Waals surface area contributed by atoms with Gasteiger partial charge in [-0.15, -0.1) is 0 Å². The molecule has 2 aromatic carbocycles. The zero-order valence-corrected chi connectivity index (χ0v) is 14.7. The summed E-state index contributed by atoms with van der Waals surface area (Å²) in [5, 5.41) is 0. The van der Waals surface area contributed by atoms with E-state index in [9.17, 15) is 13.6 Å². The van der Waals surface area contributed by atoms with Crippen LogP contribution >= 0.6 is 0 Å². The van der Waals surface area contributed by atoms with Crippen molar-refractivity contribution in [3.63, 3.8) is 0 Å². The molecule has 0 aliphatic carbocycles. The van der Waals surface area contributed by atoms with Crippen LogP contribution in [0.2, 0.25) is 0 Å². The second-order valence-electron chi connectivity index (χ2n) is 5.59. The third kappa shape index (κ3) is 4.56. The van der Waals surface area contributed by atoms with Gasteiger partial charge in [-0.2, -0.15) is 0 Å². The van der Waals surface area contributed by atoms with Gasteiger partial charge in [0.15, 0.2) is 0 Å². The van der Waals surface area contributed by atoms with Gasteiger partial charge < -0.3 is 9.47 Å². The van der Waals surface area contributed by atoms with Crippen molar-refractivity contribution in [2.24, 2.45) is 0 Å². The first-order chi connectivity index (χ1) is 12.0. The molecule has 0 spiro atoms. The summed E-state index contributed by atoms with van der Waals surface area (Å²) in [5.41, 5.74) is 1.60. The van der Waals surface area contributed by atoms with E-state index in [-0.39, 0.29) is 30.2 Å². The van der Waals surface area contributed by atoms with Crippen molar-refractivity contribution in [3.05, 3.63) is 58.7 Å². The number of hydrogen-bond donors (Lipinski definition) is 0. The number of aryl methyl sites for hydroxylation is 2. The number of hydrogen-bond acceptors (Lipinski definition) is 3. The monoisotopic (exact) mass is 348 g/mol. The van der Waals surface area contributed by atoms with Crippen LogP contribution in [-0.4, -0.2) is 5.97 Å². The van der Waals surface area contributed by atoms with Crippen LogP contribution in [0.5, 0.6) is 11.5 Å². The highest BCUT2D eigenvalue weighted by molar-refractivity contribution is 5.72. The highest BCUT2D eigenvalue weighted by Gasteiger charge is 2.15. The fourth-order valence-electron chi connectivity index (χ4n) is 2.45. The Morgan fingerprint density at radius 3 is 2.32 bits per heavy atom. The largest absolute Gasteiger partial charge is 0.488 e. The molecule has 3 nitrogen and oxygen atoms in total. The quantitative estimate of drug-likeness (QED) is 0.523. The van der Waals surface area contributed by atoms with Gasteiger partial charge in [-0.25, -0.2) is 8.78 Å². The smallest absolute Gasteiger partial charge is 0.310 e. The van der Waals surface area contributed by atoms with Gasteiger partial charge in [-0.1, -0.05) is 26.8 Å². The molecule has 0 radical (unpaired) electrons. The Balaban J connectivity index is 2.27. The van der Waals surface area contributed by atoms with Gasteiger partial charge in [0.1, 0.15) is 29.7 Å². The average molecular weight is 348 g/mol. The minimum absolute atomic E-state index is 0.121. The summed E-state index contributed by atoms with van der Waals surface area (Å²) in [6.07, 6.45) is 1.43. The molecule has 2 aromatic rings. The number of carbonyl (C=O) groups excluding carboxylic acids is 1. The van der Waals surface area contributed by atoms with E-state index in [0.29, 0.717) is 24.2 Å². The van der Waals surface area contributed by atoms with Gasteiger partial charge in [0, 0.05) is 12.5 Å². The van der Waals surface area contributed by atoms with E-state index in [4.69, 9.17) is 9.47 Å². The van der Waals surface area contributed by atoms with Crippen LogP contribution in [0.15, 0.2) is 30.3 Å². The second kappa shape index (κ2) is 8.60. The standard InChI is InChI=1S/C20H22F2O3/c1-4-13-10-14(5-2)19(11-17(13)22)24-12-15-16(21)8-7-9-18(15)25-20(23)6-3/h7-11H,4-6,12H2,1-3H3. The van der Waals surface area contributed by atoms with Crippen LogP contribution in [0.1, 0.15) is 43.9 Å². The Bertz CT molecular complexity index is 757. The third-order valence-corrected chi connectivity index (χ3v) is 3.95. The maximum absolute atomic E-state index is 14.1. The highest BCUT2D eigenvalue weighted by atomic mass is 19.1. The first-order valence-electron chi connectivity index (χ1n) is 8.42. The lowest BCUT2D eigenvalue weighted by molar-refractivity contribution is -0.134. The molecule has 5 heteroatoms. The Kier molecular flexibility index (Phi) is 6.51. The van der Waals surface area contributed by atoms with Gasteiger partial charge in [0.25, 0.3) is 0 Å². The van der Waals surface area contributed by atoms with Gasteiger partial charge in [-0.05, 0) is 42.2 Å². The number of esters is 1. The van der Waals surface area contributed by atoms with E-state index in [2.05, 4.69) is 0 Å². The number of carbonyl (C=O) groups is 1. The van der Waals surface area contributed by atoms with E-state index in [0.717, 1.165) is 5.56 Å². The summed E-state index contributed by atoms with van der Waals surface area (Å²) >= 11 is 0. The molecule has 2 rings (SSSR count). The van der Waals surface area contributed by atoms with E-state index in [1.54, 1.807) is 13.0 Å². The second-order valence-corrected chi connectivity index (χ2v) is 5.59. The van der Waals surface area contributed by atoms with Crippen molar-refractivity contribution in [1.82, 2.24) is 0 Å². The zero-order valence-electron chi connectivity index (χ0n) is 14.7. The van der Waals surface area contributed by atoms with Crippen LogP contribution in [0.25, 0.3) is 0 Å². The number of benzene rings is 2. The Hall–Kier alpha value is -2.43. The van der Waals surface area contributed by atoms with Crippen LogP contribution in [-0.2, 0) is 24.2 Å². The normalized spacial score (nSPS) is 10.6. The minimum Gasteiger partial charge on any atom is -0.488 e. The van der Waals surface area contributed by atoms with Gasteiger partial charge in [-0.3, -0.25) is 4.79 Å². The summed E-state index contributed by atoms with van der Waals surface area (Å²) < 4.78 is 39.0. The van der Waals surface area contributed by atoms with Crippen LogP contribution in [0.3, 0.4) is 0 Å². The van der Waals surface area contributed by atoms with Crippen LogP contribution in [0.4, 0.5) is 8.78 Å². The molecule has 0 amide bonds. The van der Waals surface area contributed by atoms with Gasteiger partial charge >= 0.3 is 5.97 Å². The summed E-state index contributed by atoms with van der Waals surface area (Å²) in [4.78, 5) is 11.5. The summed E-state index contributed by atoms with van der Waals surface area (Å²) in [5.74, 6) is -0.853. The molecule has 134 valence electrons. The fraction of sp³-hybridized carbons (Fsp3) is 0.350. The van der Waals surface area contributed by atoms with Crippen molar-refractivity contribution in [2.45, 2.75) is 46.6 Å². The van der Waals surface area contributed by atoms with Crippen molar-refractivity contribution < 1.29 is 23.0 Å². The molecule has 0 fully saturated rings. The van der Waals surface area contributed by atoms with E-state index >= 15 is 0 Å². The third-order valence-electron chi connectivity index (χ3n) is 3.95. The molecule has 0 atom stereocenters. The van der Waals surface area contributed by atoms with Crippen LogP contribution in [0, 0.1) is 11.6 Å². The summed E-state index contributed by atoms with van der Waals surface area (Å²) in [7, 11) is 0. The molecule has 0 heterocycles. The molecule has 0 aromatic heterocycles. The molecule has 0 unspecified atom stereocenters. The Labute approximate surface area is 146 Å². The predicted molar refractivity (Wildman–Crippen MR) is 91.8 cm³/mol. The molecular formula is C20H22F2O3. The Morgan fingerprint density at radius 2 is 1.68 bits per heavy atom. The number of halogens is 2. The zero-order chi connectivity index (χ0) is 18.4. The first-order valence-corrected chi connectivity index (χ1v) is 8.42. The predicted octanol–water partition coefficient (Wildman–Crippen LogP) is 4.98. The fourth-order valence-corrected chi connectivity index (χ4v) is 2.45. The molecule has 0 saturated heterocycles. The van der Waals surface area contributed by atoms with Crippen molar-refractivity contribution in [3.8, 4) is 11.5 Å². The van der Waals surface area contributed by atoms with Gasteiger partial charge in [0.05, 0.1) is 5.56 Å². The average Bonchev–Trinajstić information content (AvgIpc) is 2.61. The highest BCUT2D eigenvalue weighted by Crippen LogP contribution is 2.28. The topological polar surface area (TPSA) is 35.5 Å². The SMILES string of the molecule is CCC(=O)Oc1cccc(F)c1COc1cc(F)c(CC)cc1CC. The maximum atomic E-state index is 14.1. The summed E-state index contributed by atoms with van der Waals surface area (Å²) in [6, 6.07) is 7.34. The van der Waals surface area contributed by atoms with Crippen molar-refractivity contribution in [2.75, 3.05) is 0 Å². The minimum atomic E-state index is -0.537. The lowest BCUT2D eigenvalue weighted by Crippen LogP contribution is -2.10. The first kappa shape index (κ1) is 18.9. The summed E-state index contributed by atoms with van der Waals surface area (Å²) in [6.45, 7) is 5.32. The van der Waals surface area contributed by atoms with E-state index in [1.807, 2.05) is 13.8 Å². The molecule has 25 heavy (non-hydrogen) atoms. The van der Waals surface area contributed by atoms with Gasteiger partial charge in [0.2, 0.25) is 0 Å². The number of ether oxygens (including phenoxy) is 2. The maximum Gasteiger partial charge on any atom is 0.310 e. The molecular weight excluding hydrogens is 326 g/mol. The molecule has 0 saturated carbocycles. The van der Waals surface area contributed by atoms with E-state index < -0.39 is 11.8 Å². The Morgan fingerprint density at radius 1 is 0.960 bits per heavy atom. The molecule has 0 bridgehead atoms. The molecule has 0 N–H and O–H groups in total. The lowest BCUT2D eigenvalue weighted by Gasteiger charge is -2.15. The van der Waals surface area contributed by atoms with Crippen molar-refractivity contribution >= 4 is 5.97 Å². The van der Waals surface area contributed by atoms with Crippen molar-refractivity contribution in [1.29, 1.82) is 0 Å². The molecule has 0 aliphatic rings. The molecule has 0 aliphatic heterocycles. The van der Waals surface area contributed by atoms with Crippen LogP contribution < -0.4 is 9.47 Å².